The van der Waals surface area contributed by atoms with Crippen molar-refractivity contribution in [3.63, 3.8) is 0 Å². The number of hydrogen-bond donors (Lipinski definition) is 3. The number of halogens is 2. The average molecular weight is 286 g/mol. The second-order valence-electron chi connectivity index (χ2n) is 3.93. The molecule has 0 aliphatic carbocycles. The molecule has 0 bridgehead atoms. The molecular weight excluding hydrogens is 274 g/mol. The lowest BCUT2D eigenvalue weighted by molar-refractivity contribution is -0.122. The molecule has 0 aromatic heterocycles. The van der Waals surface area contributed by atoms with Gasteiger partial charge in [0.25, 0.3) is 5.91 Å². The first-order valence-electron chi connectivity index (χ1n) is 5.52. The molecule has 6 nitrogen and oxygen atoms in total. The van der Waals surface area contributed by atoms with E-state index in [2.05, 4.69) is 10.6 Å². The van der Waals surface area contributed by atoms with Gasteiger partial charge in [-0.2, -0.15) is 0 Å². The van der Waals surface area contributed by atoms with E-state index >= 15 is 0 Å². The number of carboxylic acids is 1. The molecule has 1 aromatic carbocycles. The zero-order valence-electron chi connectivity index (χ0n) is 10.7. The smallest absolute Gasteiger partial charge is 0.336 e. The second-order valence-corrected chi connectivity index (χ2v) is 3.93. The van der Waals surface area contributed by atoms with E-state index in [1.165, 1.54) is 14.0 Å². The van der Waals surface area contributed by atoms with Crippen molar-refractivity contribution < 1.29 is 28.3 Å². The van der Waals surface area contributed by atoms with E-state index in [-0.39, 0.29) is 0 Å². The van der Waals surface area contributed by atoms with Gasteiger partial charge in [0.2, 0.25) is 5.91 Å². The molecule has 1 atom stereocenters. The minimum absolute atomic E-state index is 0.414. The van der Waals surface area contributed by atoms with Crippen LogP contribution in [0.2, 0.25) is 0 Å². The molecule has 1 aromatic rings. The van der Waals surface area contributed by atoms with Crippen LogP contribution in [0.15, 0.2) is 12.1 Å². The van der Waals surface area contributed by atoms with E-state index in [1.54, 1.807) is 0 Å². The van der Waals surface area contributed by atoms with Gasteiger partial charge in [0, 0.05) is 7.05 Å². The van der Waals surface area contributed by atoms with Crippen molar-refractivity contribution in [1.82, 2.24) is 10.6 Å². The molecule has 0 fully saturated rings. The van der Waals surface area contributed by atoms with Crippen LogP contribution in [0.5, 0.6) is 0 Å². The number of likely N-dealkylation sites (N-methyl/N-ethyl adjacent to an activating group) is 1. The van der Waals surface area contributed by atoms with Crippen molar-refractivity contribution in [3.8, 4) is 0 Å². The molecule has 1 unspecified atom stereocenters. The fourth-order valence-corrected chi connectivity index (χ4v) is 1.47. The molecule has 0 radical (unpaired) electrons. The number of carbonyl (C=O) groups is 3. The van der Waals surface area contributed by atoms with Crippen LogP contribution in [0.3, 0.4) is 0 Å². The fraction of sp³-hybridized carbons (Fsp3) is 0.250. The summed E-state index contributed by atoms with van der Waals surface area (Å²) in [6, 6.07) is -0.0655. The summed E-state index contributed by atoms with van der Waals surface area (Å²) in [5.74, 6) is -5.82. The zero-order valence-corrected chi connectivity index (χ0v) is 10.7. The molecule has 2 amide bonds. The Bertz CT molecular complexity index is 575. The highest BCUT2D eigenvalue weighted by molar-refractivity contribution is 6.05. The van der Waals surface area contributed by atoms with Gasteiger partial charge >= 0.3 is 5.97 Å². The predicted octanol–water partition coefficient (Wildman–Crippen LogP) is 0.527. The van der Waals surface area contributed by atoms with Gasteiger partial charge in [-0.15, -0.1) is 0 Å². The summed E-state index contributed by atoms with van der Waals surface area (Å²) >= 11 is 0. The van der Waals surface area contributed by atoms with Crippen molar-refractivity contribution in [2.45, 2.75) is 13.0 Å². The predicted molar refractivity (Wildman–Crippen MR) is 64.3 cm³/mol. The Balaban J connectivity index is 3.12. The SMILES string of the molecule is CNC(=O)C(C)NC(=O)c1cc(F)c(F)cc1C(=O)O. The summed E-state index contributed by atoms with van der Waals surface area (Å²) in [5, 5.41) is 13.3. The van der Waals surface area contributed by atoms with Gasteiger partial charge in [-0.3, -0.25) is 9.59 Å². The molecule has 108 valence electrons. The van der Waals surface area contributed by atoms with E-state index in [4.69, 9.17) is 5.11 Å². The first-order valence-corrected chi connectivity index (χ1v) is 5.52. The van der Waals surface area contributed by atoms with E-state index in [0.717, 1.165) is 0 Å². The van der Waals surface area contributed by atoms with Gasteiger partial charge in [-0.1, -0.05) is 0 Å². The van der Waals surface area contributed by atoms with Gasteiger partial charge in [-0.25, -0.2) is 13.6 Å². The summed E-state index contributed by atoms with van der Waals surface area (Å²) in [4.78, 5) is 34.0. The molecule has 8 heteroatoms. The average Bonchev–Trinajstić information content (AvgIpc) is 2.39. The molecule has 0 spiro atoms. The number of aromatic carboxylic acids is 1. The third-order valence-corrected chi connectivity index (χ3v) is 2.52. The van der Waals surface area contributed by atoms with Crippen molar-refractivity contribution in [2.75, 3.05) is 7.05 Å². The van der Waals surface area contributed by atoms with Gasteiger partial charge in [-0.05, 0) is 19.1 Å². The maximum Gasteiger partial charge on any atom is 0.336 e. The number of carboxylic acid groups (broad SMARTS) is 1. The highest BCUT2D eigenvalue weighted by Crippen LogP contribution is 2.15. The van der Waals surface area contributed by atoms with Crippen molar-refractivity contribution in [1.29, 1.82) is 0 Å². The molecular formula is C12H12F2N2O4. The Morgan fingerprint density at radius 3 is 2.10 bits per heavy atom. The van der Waals surface area contributed by atoms with Crippen LogP contribution in [0.1, 0.15) is 27.6 Å². The zero-order chi connectivity index (χ0) is 15.4. The summed E-state index contributed by atoms with van der Waals surface area (Å²) in [7, 11) is 1.35. The molecule has 0 saturated heterocycles. The molecule has 0 aliphatic heterocycles. The lowest BCUT2D eigenvalue weighted by Gasteiger charge is -2.13. The molecule has 0 heterocycles. The summed E-state index contributed by atoms with van der Waals surface area (Å²) in [5.41, 5.74) is -1.25. The summed E-state index contributed by atoms with van der Waals surface area (Å²) in [6.45, 7) is 1.36. The van der Waals surface area contributed by atoms with Crippen LogP contribution in [0.25, 0.3) is 0 Å². The fourth-order valence-electron chi connectivity index (χ4n) is 1.47. The minimum Gasteiger partial charge on any atom is -0.478 e. The number of hydrogen-bond acceptors (Lipinski definition) is 3. The van der Waals surface area contributed by atoms with Crippen molar-refractivity contribution in [3.05, 3.63) is 34.9 Å². The van der Waals surface area contributed by atoms with Crippen LogP contribution >= 0.6 is 0 Å². The Morgan fingerprint density at radius 1 is 1.15 bits per heavy atom. The lowest BCUT2D eigenvalue weighted by Crippen LogP contribution is -2.44. The van der Waals surface area contributed by atoms with Gasteiger partial charge in [0.05, 0.1) is 11.1 Å². The molecule has 0 saturated carbocycles. The van der Waals surface area contributed by atoms with Crippen LogP contribution in [0.4, 0.5) is 8.78 Å². The van der Waals surface area contributed by atoms with E-state index in [0.29, 0.717) is 12.1 Å². The number of rotatable bonds is 4. The largest absolute Gasteiger partial charge is 0.478 e. The highest BCUT2D eigenvalue weighted by atomic mass is 19.2. The Hall–Kier alpha value is -2.51. The topological polar surface area (TPSA) is 95.5 Å². The van der Waals surface area contributed by atoms with Gasteiger partial charge in [0.15, 0.2) is 11.6 Å². The normalized spacial score (nSPS) is 11.6. The van der Waals surface area contributed by atoms with Crippen LogP contribution in [-0.2, 0) is 4.79 Å². The van der Waals surface area contributed by atoms with Crippen LogP contribution in [0, 0.1) is 11.6 Å². The first kappa shape index (κ1) is 15.5. The molecule has 20 heavy (non-hydrogen) atoms. The molecule has 3 N–H and O–H groups in total. The number of benzene rings is 1. The standard InChI is InChI=1S/C12H12F2N2O4/c1-5(10(17)15-2)16-11(18)6-3-8(13)9(14)4-7(6)12(19)20/h3-5H,1-2H3,(H,15,17)(H,16,18)(H,19,20). The third-order valence-electron chi connectivity index (χ3n) is 2.52. The molecule has 1 rings (SSSR count). The summed E-state index contributed by atoms with van der Waals surface area (Å²) in [6.07, 6.45) is 0. The van der Waals surface area contributed by atoms with Crippen molar-refractivity contribution in [2.24, 2.45) is 0 Å². The number of carbonyl (C=O) groups excluding carboxylic acids is 2. The van der Waals surface area contributed by atoms with Gasteiger partial charge in [0.1, 0.15) is 6.04 Å². The highest BCUT2D eigenvalue weighted by Gasteiger charge is 2.23. The number of nitrogens with one attached hydrogen (secondary N) is 2. The quantitative estimate of drug-likeness (QED) is 0.752. The van der Waals surface area contributed by atoms with E-state index < -0.39 is 46.6 Å². The minimum atomic E-state index is -1.58. The maximum atomic E-state index is 13.1. The van der Waals surface area contributed by atoms with Crippen LogP contribution < -0.4 is 10.6 Å². The maximum absolute atomic E-state index is 13.1. The summed E-state index contributed by atoms with van der Waals surface area (Å²) < 4.78 is 26.1. The Labute approximate surface area is 112 Å². The van der Waals surface area contributed by atoms with E-state index in [1.807, 2.05) is 0 Å². The second kappa shape index (κ2) is 6.09. The Morgan fingerprint density at radius 2 is 1.65 bits per heavy atom. The monoisotopic (exact) mass is 286 g/mol. The third kappa shape index (κ3) is 3.28. The molecule has 0 aliphatic rings. The Kier molecular flexibility index (Phi) is 4.73. The van der Waals surface area contributed by atoms with Gasteiger partial charge < -0.3 is 15.7 Å². The van der Waals surface area contributed by atoms with Crippen molar-refractivity contribution >= 4 is 17.8 Å². The lowest BCUT2D eigenvalue weighted by atomic mass is 10.1. The first-order chi connectivity index (χ1) is 9.27. The van der Waals surface area contributed by atoms with Crippen LogP contribution in [-0.4, -0.2) is 36.0 Å². The van der Waals surface area contributed by atoms with E-state index in [9.17, 15) is 23.2 Å². The number of amides is 2.